The number of amides is 1. The zero-order valence-corrected chi connectivity index (χ0v) is 12.2. The first-order valence-corrected chi connectivity index (χ1v) is 6.75. The Bertz CT molecular complexity index is 300. The average molecular weight is 273 g/mol. The van der Waals surface area contributed by atoms with Gasteiger partial charge >= 0.3 is 0 Å². The summed E-state index contributed by atoms with van der Waals surface area (Å²) in [5, 5.41) is 13.0. The molecule has 1 fully saturated rings. The number of carbonyl (C=O) groups is 1. The van der Waals surface area contributed by atoms with E-state index < -0.39 is 11.0 Å². The van der Waals surface area contributed by atoms with Gasteiger partial charge < -0.3 is 25.8 Å². The van der Waals surface area contributed by atoms with Crippen LogP contribution < -0.4 is 11.1 Å². The van der Waals surface area contributed by atoms with Crippen molar-refractivity contribution in [2.75, 3.05) is 46.9 Å². The molecule has 1 unspecified atom stereocenters. The van der Waals surface area contributed by atoms with E-state index in [4.69, 9.17) is 10.5 Å². The van der Waals surface area contributed by atoms with E-state index >= 15 is 0 Å². The molecule has 1 aliphatic heterocycles. The highest BCUT2D eigenvalue weighted by Crippen LogP contribution is 2.29. The first-order chi connectivity index (χ1) is 8.81. The summed E-state index contributed by atoms with van der Waals surface area (Å²) in [5.41, 5.74) is 4.29. The molecule has 0 aromatic heterocycles. The SMILES string of the molecule is CN(C)CC(C)(O)CNC(=O)C1(CN)CCOCC1. The minimum absolute atomic E-state index is 0.0719. The van der Waals surface area contributed by atoms with Crippen LogP contribution in [0.4, 0.5) is 0 Å². The molecule has 0 bridgehead atoms. The summed E-state index contributed by atoms with van der Waals surface area (Å²) < 4.78 is 5.28. The molecule has 0 aromatic rings. The second-order valence-electron chi connectivity index (χ2n) is 6.01. The molecule has 0 spiro atoms. The molecule has 0 radical (unpaired) electrons. The van der Waals surface area contributed by atoms with Crippen molar-refractivity contribution < 1.29 is 14.6 Å². The highest BCUT2D eigenvalue weighted by Gasteiger charge is 2.39. The third-order valence-electron chi connectivity index (χ3n) is 3.61. The molecule has 1 rings (SSSR count). The molecule has 1 heterocycles. The number of nitrogens with two attached hydrogens (primary N) is 1. The molecule has 112 valence electrons. The maximum atomic E-state index is 12.3. The van der Waals surface area contributed by atoms with Gasteiger partial charge in [0.1, 0.15) is 0 Å². The summed E-state index contributed by atoms with van der Waals surface area (Å²) in [4.78, 5) is 14.2. The second kappa shape index (κ2) is 6.65. The topological polar surface area (TPSA) is 87.8 Å². The number of aliphatic hydroxyl groups is 1. The highest BCUT2D eigenvalue weighted by molar-refractivity contribution is 5.83. The van der Waals surface area contributed by atoms with Crippen molar-refractivity contribution in [3.63, 3.8) is 0 Å². The van der Waals surface area contributed by atoms with E-state index in [9.17, 15) is 9.90 Å². The largest absolute Gasteiger partial charge is 0.387 e. The lowest BCUT2D eigenvalue weighted by Crippen LogP contribution is -2.54. The molecule has 1 amide bonds. The number of nitrogens with zero attached hydrogens (tertiary/aromatic N) is 1. The molecular weight excluding hydrogens is 246 g/mol. The molecular formula is C13H27N3O3. The standard InChI is InChI=1S/C13H27N3O3/c1-12(18,10-16(2)3)9-15-11(17)13(8-14)4-6-19-7-5-13/h18H,4-10,14H2,1-3H3,(H,15,17). The quantitative estimate of drug-likeness (QED) is 0.588. The smallest absolute Gasteiger partial charge is 0.227 e. The lowest BCUT2D eigenvalue weighted by Gasteiger charge is -2.36. The Kier molecular flexibility index (Phi) is 5.73. The third-order valence-corrected chi connectivity index (χ3v) is 3.61. The maximum Gasteiger partial charge on any atom is 0.227 e. The molecule has 0 saturated carbocycles. The average Bonchev–Trinajstić information content (AvgIpc) is 2.35. The van der Waals surface area contributed by atoms with Crippen LogP contribution in [0.3, 0.4) is 0 Å². The number of hydrogen-bond donors (Lipinski definition) is 3. The number of rotatable bonds is 6. The van der Waals surface area contributed by atoms with Crippen molar-refractivity contribution in [2.45, 2.75) is 25.4 Å². The Morgan fingerprint density at radius 1 is 1.47 bits per heavy atom. The summed E-state index contributed by atoms with van der Waals surface area (Å²) in [6.45, 7) is 3.89. The van der Waals surface area contributed by atoms with Gasteiger partial charge in [0.25, 0.3) is 0 Å². The normalized spacial score (nSPS) is 22.0. The van der Waals surface area contributed by atoms with E-state index in [1.165, 1.54) is 0 Å². The van der Waals surface area contributed by atoms with Crippen LogP contribution in [0.1, 0.15) is 19.8 Å². The van der Waals surface area contributed by atoms with Crippen LogP contribution in [-0.4, -0.2) is 68.5 Å². The first-order valence-electron chi connectivity index (χ1n) is 6.75. The summed E-state index contributed by atoms with van der Waals surface area (Å²) >= 11 is 0. The van der Waals surface area contributed by atoms with E-state index in [0.717, 1.165) is 0 Å². The molecule has 1 atom stereocenters. The molecule has 6 heteroatoms. The minimum atomic E-state index is -0.944. The molecule has 19 heavy (non-hydrogen) atoms. The molecule has 6 nitrogen and oxygen atoms in total. The Morgan fingerprint density at radius 2 is 2.05 bits per heavy atom. The highest BCUT2D eigenvalue weighted by atomic mass is 16.5. The van der Waals surface area contributed by atoms with Crippen LogP contribution in [0.2, 0.25) is 0 Å². The van der Waals surface area contributed by atoms with Crippen molar-refractivity contribution in [3.8, 4) is 0 Å². The van der Waals surface area contributed by atoms with Gasteiger partial charge in [0.05, 0.1) is 11.0 Å². The number of likely N-dealkylation sites (N-methyl/N-ethyl adjacent to an activating group) is 1. The molecule has 1 aliphatic rings. The lowest BCUT2D eigenvalue weighted by atomic mass is 9.79. The van der Waals surface area contributed by atoms with Crippen LogP contribution in [-0.2, 0) is 9.53 Å². The van der Waals surface area contributed by atoms with E-state index in [2.05, 4.69) is 5.32 Å². The maximum absolute atomic E-state index is 12.3. The predicted molar refractivity (Wildman–Crippen MR) is 73.7 cm³/mol. The van der Waals surface area contributed by atoms with Gasteiger partial charge in [-0.25, -0.2) is 0 Å². The van der Waals surface area contributed by atoms with Crippen molar-refractivity contribution in [1.29, 1.82) is 0 Å². The van der Waals surface area contributed by atoms with Crippen LogP contribution >= 0.6 is 0 Å². The zero-order chi connectivity index (χ0) is 14.5. The number of ether oxygens (including phenoxy) is 1. The van der Waals surface area contributed by atoms with E-state index in [1.54, 1.807) is 6.92 Å². The fourth-order valence-electron chi connectivity index (χ4n) is 2.48. The van der Waals surface area contributed by atoms with Crippen molar-refractivity contribution in [3.05, 3.63) is 0 Å². The van der Waals surface area contributed by atoms with Gasteiger partial charge in [-0.1, -0.05) is 0 Å². The monoisotopic (exact) mass is 273 g/mol. The van der Waals surface area contributed by atoms with Gasteiger partial charge in [-0.15, -0.1) is 0 Å². The van der Waals surface area contributed by atoms with Gasteiger partial charge in [0, 0.05) is 32.8 Å². The molecule has 0 aromatic carbocycles. The van der Waals surface area contributed by atoms with Crippen molar-refractivity contribution in [2.24, 2.45) is 11.1 Å². The van der Waals surface area contributed by atoms with Crippen LogP contribution in [0.15, 0.2) is 0 Å². The van der Waals surface area contributed by atoms with Crippen LogP contribution in [0.5, 0.6) is 0 Å². The number of carbonyl (C=O) groups excluding carboxylic acids is 1. The van der Waals surface area contributed by atoms with E-state index in [0.29, 0.717) is 39.1 Å². The Balaban J connectivity index is 2.53. The van der Waals surface area contributed by atoms with Gasteiger partial charge in [0.2, 0.25) is 5.91 Å². The summed E-state index contributed by atoms with van der Waals surface area (Å²) in [6, 6.07) is 0. The fraction of sp³-hybridized carbons (Fsp3) is 0.923. The Hall–Kier alpha value is -0.690. The summed E-state index contributed by atoms with van der Waals surface area (Å²) in [6.07, 6.45) is 1.29. The lowest BCUT2D eigenvalue weighted by molar-refractivity contribution is -0.137. The Morgan fingerprint density at radius 3 is 2.53 bits per heavy atom. The molecule has 1 saturated heterocycles. The zero-order valence-electron chi connectivity index (χ0n) is 12.2. The van der Waals surface area contributed by atoms with E-state index in [-0.39, 0.29) is 12.5 Å². The van der Waals surface area contributed by atoms with Crippen molar-refractivity contribution in [1.82, 2.24) is 10.2 Å². The second-order valence-corrected chi connectivity index (χ2v) is 6.01. The van der Waals surface area contributed by atoms with Crippen LogP contribution in [0, 0.1) is 5.41 Å². The van der Waals surface area contributed by atoms with Gasteiger partial charge in [-0.3, -0.25) is 4.79 Å². The summed E-state index contributed by atoms with van der Waals surface area (Å²) in [5.74, 6) is -0.0719. The van der Waals surface area contributed by atoms with Gasteiger partial charge in [-0.2, -0.15) is 0 Å². The Labute approximate surface area is 115 Å². The first kappa shape index (κ1) is 16.4. The van der Waals surface area contributed by atoms with E-state index in [1.807, 2.05) is 19.0 Å². The van der Waals surface area contributed by atoms with Gasteiger partial charge in [0.15, 0.2) is 0 Å². The van der Waals surface area contributed by atoms with Gasteiger partial charge in [-0.05, 0) is 33.9 Å². The fourth-order valence-corrected chi connectivity index (χ4v) is 2.48. The molecule has 0 aliphatic carbocycles. The number of hydrogen-bond acceptors (Lipinski definition) is 5. The molecule has 4 N–H and O–H groups in total. The minimum Gasteiger partial charge on any atom is -0.387 e. The summed E-state index contributed by atoms with van der Waals surface area (Å²) in [7, 11) is 3.77. The van der Waals surface area contributed by atoms with Crippen molar-refractivity contribution >= 4 is 5.91 Å². The predicted octanol–water partition coefficient (Wildman–Crippen LogP) is -0.829. The third kappa shape index (κ3) is 4.72. The van der Waals surface area contributed by atoms with Crippen LogP contribution in [0.25, 0.3) is 0 Å². The number of nitrogens with one attached hydrogen (secondary N) is 1.